The highest BCUT2D eigenvalue weighted by molar-refractivity contribution is 5.93. The number of aromatic nitrogens is 2. The number of anilines is 1. The molecule has 1 aromatic heterocycles. The number of rotatable bonds is 1. The van der Waals surface area contributed by atoms with Gasteiger partial charge in [0, 0.05) is 25.5 Å². The van der Waals surface area contributed by atoms with Gasteiger partial charge in [0.1, 0.15) is 12.3 Å². The summed E-state index contributed by atoms with van der Waals surface area (Å²) < 4.78 is 5.25. The smallest absolute Gasteiger partial charge is 0.414 e. The molecule has 0 aliphatic carbocycles. The third kappa shape index (κ3) is 2.82. The van der Waals surface area contributed by atoms with Crippen molar-refractivity contribution >= 4 is 17.7 Å². The van der Waals surface area contributed by atoms with E-state index in [-0.39, 0.29) is 18.0 Å². The van der Waals surface area contributed by atoms with Gasteiger partial charge in [-0.1, -0.05) is 12.1 Å². The molecule has 2 aromatic rings. The van der Waals surface area contributed by atoms with Crippen LogP contribution in [0.25, 0.3) is 0 Å². The van der Waals surface area contributed by atoms with Crippen molar-refractivity contribution in [2.24, 2.45) is 0 Å². The second kappa shape index (κ2) is 6.16. The van der Waals surface area contributed by atoms with Gasteiger partial charge in [0.05, 0.1) is 17.9 Å². The molecule has 4 rings (SSSR count). The second-order valence-corrected chi connectivity index (χ2v) is 6.34. The Kier molecular flexibility index (Phi) is 3.83. The Morgan fingerprint density at radius 3 is 3.00 bits per heavy atom. The van der Waals surface area contributed by atoms with Crippen molar-refractivity contribution in [2.75, 3.05) is 18.1 Å². The number of carbonyl (C=O) groups is 2. The zero-order chi connectivity index (χ0) is 17.4. The minimum Gasteiger partial charge on any atom is -0.447 e. The van der Waals surface area contributed by atoms with Crippen LogP contribution in [0.5, 0.6) is 0 Å². The molecule has 128 valence electrons. The summed E-state index contributed by atoms with van der Waals surface area (Å²) in [5.41, 5.74) is 3.13. The van der Waals surface area contributed by atoms with E-state index in [0.29, 0.717) is 31.8 Å². The fourth-order valence-electron chi connectivity index (χ4n) is 3.33. The van der Waals surface area contributed by atoms with E-state index in [0.717, 1.165) is 16.8 Å². The van der Waals surface area contributed by atoms with Gasteiger partial charge in [0.25, 0.3) is 5.91 Å². The topological polar surface area (TPSA) is 75.6 Å². The van der Waals surface area contributed by atoms with Gasteiger partial charge < -0.3 is 9.64 Å². The third-order valence-corrected chi connectivity index (χ3v) is 4.62. The predicted octanol–water partition coefficient (Wildman–Crippen LogP) is 2.16. The summed E-state index contributed by atoms with van der Waals surface area (Å²) in [5, 5.41) is 0. The lowest BCUT2D eigenvalue weighted by atomic mass is 10.0. The Morgan fingerprint density at radius 2 is 2.20 bits per heavy atom. The molecule has 0 saturated carbocycles. The zero-order valence-corrected chi connectivity index (χ0v) is 13.9. The molecule has 2 aliphatic rings. The van der Waals surface area contributed by atoms with Crippen molar-refractivity contribution in [1.82, 2.24) is 14.9 Å². The molecule has 0 radical (unpaired) electrons. The Morgan fingerprint density at radius 1 is 1.32 bits per heavy atom. The molecular formula is C18H18N4O3. The maximum atomic E-state index is 12.8. The lowest BCUT2D eigenvalue weighted by Gasteiger charge is -2.32. The molecule has 25 heavy (non-hydrogen) atoms. The first-order valence-corrected chi connectivity index (χ1v) is 8.24. The molecule has 1 unspecified atom stereocenters. The van der Waals surface area contributed by atoms with E-state index in [4.69, 9.17) is 4.74 Å². The highest BCUT2D eigenvalue weighted by Crippen LogP contribution is 2.32. The summed E-state index contributed by atoms with van der Waals surface area (Å²) in [4.78, 5) is 36.6. The standard InChI is InChI=1S/C18H18N4O3/c1-12-2-3-13-10-21(17(23)15-9-19-5-6-20-15)7-4-14-11-25-18(24)22(14)16(13)8-12/h2-3,5-6,8-9,14H,4,7,10-11H2,1H3. The van der Waals surface area contributed by atoms with Crippen LogP contribution in [0.3, 0.4) is 0 Å². The van der Waals surface area contributed by atoms with Crippen LogP contribution in [-0.2, 0) is 11.3 Å². The summed E-state index contributed by atoms with van der Waals surface area (Å²) in [7, 11) is 0. The number of nitrogens with zero attached hydrogens (tertiary/aromatic N) is 4. The summed E-state index contributed by atoms with van der Waals surface area (Å²) >= 11 is 0. The number of carbonyl (C=O) groups excluding carboxylic acids is 2. The fraction of sp³-hybridized carbons (Fsp3) is 0.333. The summed E-state index contributed by atoms with van der Waals surface area (Å²) in [6, 6.07) is 5.87. The second-order valence-electron chi connectivity index (χ2n) is 6.34. The highest BCUT2D eigenvalue weighted by atomic mass is 16.6. The molecule has 3 heterocycles. The molecule has 1 fully saturated rings. The maximum absolute atomic E-state index is 12.8. The maximum Gasteiger partial charge on any atom is 0.414 e. The lowest BCUT2D eigenvalue weighted by molar-refractivity contribution is 0.0728. The van der Waals surface area contributed by atoms with Crippen LogP contribution in [0.2, 0.25) is 0 Å². The lowest BCUT2D eigenvalue weighted by Crippen LogP contribution is -2.42. The Labute approximate surface area is 145 Å². The molecule has 7 nitrogen and oxygen atoms in total. The summed E-state index contributed by atoms with van der Waals surface area (Å²) in [6.07, 6.45) is 4.88. The van der Waals surface area contributed by atoms with Crippen LogP contribution in [0.15, 0.2) is 36.8 Å². The number of aryl methyl sites for hydroxylation is 1. The first-order chi connectivity index (χ1) is 12.1. The van der Waals surface area contributed by atoms with Gasteiger partial charge in [-0.15, -0.1) is 0 Å². The molecule has 2 aliphatic heterocycles. The quantitative estimate of drug-likeness (QED) is 0.796. The Hall–Kier alpha value is -2.96. The van der Waals surface area contributed by atoms with Crippen LogP contribution in [0, 0.1) is 6.92 Å². The monoisotopic (exact) mass is 338 g/mol. The van der Waals surface area contributed by atoms with Crippen LogP contribution in [-0.4, -0.2) is 46.1 Å². The van der Waals surface area contributed by atoms with E-state index in [1.54, 1.807) is 16.0 Å². The largest absolute Gasteiger partial charge is 0.447 e. The van der Waals surface area contributed by atoms with E-state index in [2.05, 4.69) is 9.97 Å². The van der Waals surface area contributed by atoms with E-state index in [9.17, 15) is 9.59 Å². The Balaban J connectivity index is 1.72. The van der Waals surface area contributed by atoms with Crippen LogP contribution >= 0.6 is 0 Å². The number of hydrogen-bond acceptors (Lipinski definition) is 5. The fourth-order valence-corrected chi connectivity index (χ4v) is 3.33. The molecule has 0 spiro atoms. The van der Waals surface area contributed by atoms with E-state index >= 15 is 0 Å². The van der Waals surface area contributed by atoms with Gasteiger partial charge >= 0.3 is 6.09 Å². The number of hydrogen-bond donors (Lipinski definition) is 0. The van der Waals surface area contributed by atoms with Crippen molar-refractivity contribution in [3.8, 4) is 0 Å². The number of ether oxygens (including phenoxy) is 1. The molecule has 1 atom stereocenters. The molecule has 1 aromatic carbocycles. The summed E-state index contributed by atoms with van der Waals surface area (Å²) in [6.45, 7) is 3.28. The zero-order valence-electron chi connectivity index (χ0n) is 13.9. The number of amides is 2. The van der Waals surface area contributed by atoms with Crippen LogP contribution in [0.4, 0.5) is 10.5 Å². The van der Waals surface area contributed by atoms with Crippen molar-refractivity contribution in [1.29, 1.82) is 0 Å². The van der Waals surface area contributed by atoms with Gasteiger partial charge in [-0.25, -0.2) is 9.78 Å². The number of cyclic esters (lactones) is 1. The van der Waals surface area contributed by atoms with E-state index < -0.39 is 0 Å². The number of fused-ring (bicyclic) bond motifs is 3. The summed E-state index contributed by atoms with van der Waals surface area (Å²) in [5.74, 6) is -0.154. The average molecular weight is 338 g/mol. The molecule has 7 heteroatoms. The van der Waals surface area contributed by atoms with Crippen molar-refractivity contribution in [2.45, 2.75) is 25.9 Å². The van der Waals surface area contributed by atoms with Gasteiger partial charge in [0.15, 0.2) is 0 Å². The van der Waals surface area contributed by atoms with E-state index in [1.807, 2.05) is 25.1 Å². The molecule has 1 saturated heterocycles. The van der Waals surface area contributed by atoms with Gasteiger partial charge in [0.2, 0.25) is 0 Å². The Bertz CT molecular complexity index is 824. The average Bonchev–Trinajstić information content (AvgIpc) is 2.98. The first kappa shape index (κ1) is 15.6. The van der Waals surface area contributed by atoms with Crippen LogP contribution < -0.4 is 4.90 Å². The molecule has 2 amide bonds. The number of benzene rings is 1. The van der Waals surface area contributed by atoms with Gasteiger partial charge in [-0.3, -0.25) is 14.7 Å². The van der Waals surface area contributed by atoms with Gasteiger partial charge in [-0.2, -0.15) is 0 Å². The van der Waals surface area contributed by atoms with Crippen molar-refractivity contribution in [3.63, 3.8) is 0 Å². The first-order valence-electron chi connectivity index (χ1n) is 8.24. The van der Waals surface area contributed by atoms with Crippen LogP contribution in [0.1, 0.15) is 28.0 Å². The minimum absolute atomic E-state index is 0.0643. The SMILES string of the molecule is Cc1ccc2c(c1)N1C(=O)OCC1CCN(C(=O)c1cnccn1)C2. The van der Waals surface area contributed by atoms with Crippen molar-refractivity contribution in [3.05, 3.63) is 53.6 Å². The molecular weight excluding hydrogens is 320 g/mol. The van der Waals surface area contributed by atoms with E-state index in [1.165, 1.54) is 12.4 Å². The molecule has 0 bridgehead atoms. The highest BCUT2D eigenvalue weighted by Gasteiger charge is 2.37. The van der Waals surface area contributed by atoms with Crippen molar-refractivity contribution < 1.29 is 14.3 Å². The van der Waals surface area contributed by atoms with Gasteiger partial charge in [-0.05, 0) is 30.5 Å². The predicted molar refractivity (Wildman–Crippen MR) is 90.2 cm³/mol. The minimum atomic E-state index is -0.314. The normalized spacial score (nSPS) is 19.6. The molecule has 0 N–H and O–H groups in total. The third-order valence-electron chi connectivity index (χ3n) is 4.62.